The van der Waals surface area contributed by atoms with Crippen LogP contribution in [-0.2, 0) is 17.8 Å². The molecule has 0 spiro atoms. The molecule has 4 rings (SSSR count). The van der Waals surface area contributed by atoms with Crippen LogP contribution in [0.2, 0.25) is 5.02 Å². The number of nitriles is 1. The van der Waals surface area contributed by atoms with Crippen LogP contribution in [0.4, 0.5) is 5.69 Å². The minimum Gasteiger partial charge on any atom is -0.492 e. The van der Waals surface area contributed by atoms with Crippen molar-refractivity contribution in [3.8, 4) is 29.1 Å². The third-order valence-electron chi connectivity index (χ3n) is 5.40. The first-order valence-electron chi connectivity index (χ1n) is 12.7. The van der Waals surface area contributed by atoms with Gasteiger partial charge in [-0.25, -0.2) is 0 Å². The highest BCUT2D eigenvalue weighted by Gasteiger charge is 2.20. The zero-order valence-electron chi connectivity index (χ0n) is 22.7. The average molecular weight is 547 g/mol. The summed E-state index contributed by atoms with van der Waals surface area (Å²) in [6.45, 7) is 9.86. The average Bonchev–Trinajstić information content (AvgIpc) is 2.94. The number of anilines is 1. The monoisotopic (exact) mass is 546 g/mol. The molecular formula is C30H31ClN4O4. The third-order valence-corrected chi connectivity index (χ3v) is 5.69. The number of nitrogens with zero attached hydrogens (tertiary/aromatic N) is 3. The molecule has 0 radical (unpaired) electrons. The predicted molar refractivity (Wildman–Crippen MR) is 153 cm³/mol. The number of fused-ring (bicyclic) bond motifs is 1. The molecule has 0 saturated heterocycles. The van der Waals surface area contributed by atoms with Crippen molar-refractivity contribution in [1.82, 2.24) is 9.97 Å². The fourth-order valence-electron chi connectivity index (χ4n) is 3.77. The second-order valence-electron chi connectivity index (χ2n) is 8.01. The summed E-state index contributed by atoms with van der Waals surface area (Å²) in [7, 11) is 0. The molecule has 0 unspecified atom stereocenters. The number of carbonyl (C=O) groups is 1. The maximum atomic E-state index is 11.8. The number of aromatic nitrogens is 2. The smallest absolute Gasteiger partial charge is 0.221 e. The number of hydrogen-bond donors (Lipinski definition) is 1. The van der Waals surface area contributed by atoms with Crippen LogP contribution < -0.4 is 19.5 Å². The van der Waals surface area contributed by atoms with Gasteiger partial charge in [0.05, 0.1) is 34.2 Å². The van der Waals surface area contributed by atoms with Gasteiger partial charge in [-0.15, -0.1) is 0 Å². The first kappa shape index (κ1) is 29.2. The fraction of sp³-hybridized carbons (Fsp3) is 0.267. The number of carbonyl (C=O) groups excluding carboxylic acids is 1. The number of nitrogens with one attached hydrogen (secondary N) is 1. The second kappa shape index (κ2) is 14.0. The Balaban J connectivity index is 0.00000205. The lowest BCUT2D eigenvalue weighted by Crippen LogP contribution is -2.08. The highest BCUT2D eigenvalue weighted by molar-refractivity contribution is 6.32. The fourth-order valence-corrected chi connectivity index (χ4v) is 3.99. The Bertz CT molecular complexity index is 1490. The molecule has 2 aromatic carbocycles. The number of halogens is 1. The van der Waals surface area contributed by atoms with Crippen LogP contribution in [0.5, 0.6) is 23.0 Å². The van der Waals surface area contributed by atoms with Crippen LogP contribution in [0.25, 0.3) is 10.9 Å². The molecule has 39 heavy (non-hydrogen) atoms. The summed E-state index contributed by atoms with van der Waals surface area (Å²) in [5, 5.41) is 13.7. The Kier molecular flexibility index (Phi) is 10.5. The molecule has 0 atom stereocenters. The van der Waals surface area contributed by atoms with E-state index < -0.39 is 0 Å². The van der Waals surface area contributed by atoms with Crippen molar-refractivity contribution in [1.29, 1.82) is 5.26 Å². The van der Waals surface area contributed by atoms with E-state index in [2.05, 4.69) is 21.4 Å². The normalized spacial score (nSPS) is 10.2. The summed E-state index contributed by atoms with van der Waals surface area (Å²) in [5.74, 6) is 1.43. The van der Waals surface area contributed by atoms with E-state index in [-0.39, 0.29) is 12.5 Å². The van der Waals surface area contributed by atoms with Gasteiger partial charge in [0.15, 0.2) is 5.75 Å². The molecule has 0 aliphatic heterocycles. The van der Waals surface area contributed by atoms with E-state index in [4.69, 9.17) is 25.8 Å². The Hall–Kier alpha value is -4.35. The number of rotatable bonds is 9. The van der Waals surface area contributed by atoms with Gasteiger partial charge in [0.25, 0.3) is 0 Å². The third kappa shape index (κ3) is 7.15. The van der Waals surface area contributed by atoms with E-state index in [1.807, 2.05) is 45.9 Å². The van der Waals surface area contributed by atoms with Crippen LogP contribution >= 0.6 is 11.6 Å². The van der Waals surface area contributed by atoms with E-state index >= 15 is 0 Å². The zero-order chi connectivity index (χ0) is 28.4. The molecule has 1 amide bonds. The zero-order valence-corrected chi connectivity index (χ0v) is 23.4. The van der Waals surface area contributed by atoms with Gasteiger partial charge in [-0.05, 0) is 43.7 Å². The SMILES string of the molecule is CC.CCOc1cc2nc(CC)c(C#N)c(Oc3ccc(OCc4ccccn4)c(Cl)c3)c2cc1NC(C)=O. The van der Waals surface area contributed by atoms with Gasteiger partial charge < -0.3 is 19.5 Å². The molecule has 4 aromatic rings. The maximum absolute atomic E-state index is 11.8. The van der Waals surface area contributed by atoms with Crippen molar-refractivity contribution in [2.45, 2.75) is 47.6 Å². The van der Waals surface area contributed by atoms with Crippen molar-refractivity contribution in [3.63, 3.8) is 0 Å². The first-order valence-corrected chi connectivity index (χ1v) is 13.1. The second-order valence-corrected chi connectivity index (χ2v) is 8.42. The molecule has 2 aromatic heterocycles. The Morgan fingerprint density at radius 3 is 2.49 bits per heavy atom. The van der Waals surface area contributed by atoms with E-state index in [0.29, 0.717) is 68.9 Å². The van der Waals surface area contributed by atoms with Crippen molar-refractivity contribution in [3.05, 3.63) is 76.7 Å². The van der Waals surface area contributed by atoms with Crippen LogP contribution in [-0.4, -0.2) is 22.5 Å². The Labute approximate surface area is 233 Å². The summed E-state index contributed by atoms with van der Waals surface area (Å²) in [6, 6.07) is 16.3. The van der Waals surface area contributed by atoms with Gasteiger partial charge in [0.2, 0.25) is 5.91 Å². The van der Waals surface area contributed by atoms with Crippen LogP contribution in [0.3, 0.4) is 0 Å². The summed E-state index contributed by atoms with van der Waals surface area (Å²) < 4.78 is 17.8. The summed E-state index contributed by atoms with van der Waals surface area (Å²) >= 11 is 6.48. The van der Waals surface area contributed by atoms with Gasteiger partial charge in [0.1, 0.15) is 35.5 Å². The highest BCUT2D eigenvalue weighted by Crippen LogP contribution is 2.40. The molecule has 9 heteroatoms. The first-order chi connectivity index (χ1) is 18.9. The lowest BCUT2D eigenvalue weighted by atomic mass is 10.1. The summed E-state index contributed by atoms with van der Waals surface area (Å²) in [6.07, 6.45) is 2.22. The number of aryl methyl sites for hydroxylation is 1. The van der Waals surface area contributed by atoms with E-state index in [9.17, 15) is 10.1 Å². The molecule has 8 nitrogen and oxygen atoms in total. The van der Waals surface area contributed by atoms with Crippen molar-refractivity contribution in [2.75, 3.05) is 11.9 Å². The van der Waals surface area contributed by atoms with Crippen molar-refractivity contribution in [2.24, 2.45) is 0 Å². The van der Waals surface area contributed by atoms with Gasteiger partial charge in [-0.1, -0.05) is 38.4 Å². The number of ether oxygens (including phenoxy) is 3. The number of hydrogen-bond acceptors (Lipinski definition) is 7. The van der Waals surface area contributed by atoms with Gasteiger partial charge in [-0.3, -0.25) is 14.8 Å². The van der Waals surface area contributed by atoms with Crippen LogP contribution in [0, 0.1) is 11.3 Å². The lowest BCUT2D eigenvalue weighted by Gasteiger charge is -2.17. The van der Waals surface area contributed by atoms with Gasteiger partial charge >= 0.3 is 0 Å². The molecule has 2 heterocycles. The minimum atomic E-state index is -0.255. The van der Waals surface area contributed by atoms with Crippen LogP contribution in [0.15, 0.2) is 54.7 Å². The largest absolute Gasteiger partial charge is 0.492 e. The molecule has 202 valence electrons. The molecule has 1 N–H and O–H groups in total. The predicted octanol–water partition coefficient (Wildman–Crippen LogP) is 7.47. The standard InChI is InChI=1S/C28H25ClN4O4.C2H6/c1-4-23-21(15-30)28(20-13-25(32-17(3)34)27(35-5-2)14-24(20)33-23)37-19-9-10-26(22(29)12-19)36-16-18-8-6-7-11-31-18;1-2/h6-14H,4-5,16H2,1-3H3,(H,32,34);1-2H3. The van der Waals surface area contributed by atoms with E-state index in [1.54, 1.807) is 36.5 Å². The van der Waals surface area contributed by atoms with Crippen molar-refractivity contribution >= 4 is 34.1 Å². The maximum Gasteiger partial charge on any atom is 0.221 e. The summed E-state index contributed by atoms with van der Waals surface area (Å²) in [5.41, 5.74) is 2.69. The van der Waals surface area contributed by atoms with Crippen LogP contribution in [0.1, 0.15) is 51.6 Å². The molecule has 0 saturated carbocycles. The number of amides is 1. The highest BCUT2D eigenvalue weighted by atomic mass is 35.5. The number of benzene rings is 2. The molecule has 0 fully saturated rings. The topological polar surface area (TPSA) is 106 Å². The lowest BCUT2D eigenvalue weighted by molar-refractivity contribution is -0.114. The Morgan fingerprint density at radius 2 is 1.87 bits per heavy atom. The molecule has 0 aliphatic rings. The van der Waals surface area contributed by atoms with Gasteiger partial charge in [0, 0.05) is 30.6 Å². The summed E-state index contributed by atoms with van der Waals surface area (Å²) in [4.78, 5) is 20.7. The van der Waals surface area contributed by atoms with E-state index in [0.717, 1.165) is 5.69 Å². The van der Waals surface area contributed by atoms with E-state index in [1.165, 1.54) is 6.92 Å². The number of pyridine rings is 2. The molecular weight excluding hydrogens is 516 g/mol. The molecule has 0 bridgehead atoms. The molecule has 0 aliphatic carbocycles. The quantitative estimate of drug-likeness (QED) is 0.232. The Morgan fingerprint density at radius 1 is 1.08 bits per heavy atom. The van der Waals surface area contributed by atoms with Gasteiger partial charge in [-0.2, -0.15) is 5.26 Å². The van der Waals surface area contributed by atoms with Crippen molar-refractivity contribution < 1.29 is 19.0 Å². The minimum absolute atomic E-state index is 0.255.